The molecule has 0 unspecified atom stereocenters. The van der Waals surface area contributed by atoms with Gasteiger partial charge in [-0.25, -0.2) is 19.4 Å². The van der Waals surface area contributed by atoms with Crippen LogP contribution in [0.1, 0.15) is 46.2 Å². The molecule has 1 saturated heterocycles. The van der Waals surface area contributed by atoms with Crippen molar-refractivity contribution in [1.29, 1.82) is 0 Å². The highest BCUT2D eigenvalue weighted by Crippen LogP contribution is 2.32. The van der Waals surface area contributed by atoms with Gasteiger partial charge < -0.3 is 36.3 Å². The Morgan fingerprint density at radius 1 is 1.07 bits per heavy atom. The molecule has 0 bridgehead atoms. The number of likely N-dealkylation sites (tertiary alicyclic amines) is 1. The van der Waals surface area contributed by atoms with Crippen molar-refractivity contribution >= 4 is 72.3 Å². The Labute approximate surface area is 270 Å². The summed E-state index contributed by atoms with van der Waals surface area (Å²) in [5.74, 6) is -0.522. The van der Waals surface area contributed by atoms with E-state index in [1.807, 2.05) is 41.3 Å². The summed E-state index contributed by atoms with van der Waals surface area (Å²) < 4.78 is 1.45. The Hall–Kier alpha value is -4.10. The third kappa shape index (κ3) is 6.25. The number of aromatic nitrogens is 2. The molecule has 0 spiro atoms. The van der Waals surface area contributed by atoms with E-state index in [-0.39, 0.29) is 23.7 Å². The zero-order valence-electron chi connectivity index (χ0n) is 23.6. The number of carboxylic acid groups (broad SMARTS) is 1. The monoisotopic (exact) mass is 723 g/mol. The quantitative estimate of drug-likeness (QED) is 0.156. The first-order valence-corrected chi connectivity index (χ1v) is 15.9. The van der Waals surface area contributed by atoms with Gasteiger partial charge in [-0.2, -0.15) is 0 Å². The second-order valence-electron chi connectivity index (χ2n) is 11.1. The fourth-order valence-corrected chi connectivity index (χ4v) is 7.17. The van der Waals surface area contributed by atoms with Crippen LogP contribution in [0.4, 0.5) is 21.0 Å². The van der Waals surface area contributed by atoms with E-state index in [4.69, 9.17) is 10.7 Å². The van der Waals surface area contributed by atoms with Gasteiger partial charge in [-0.15, -0.1) is 0 Å². The maximum atomic E-state index is 13.6. The summed E-state index contributed by atoms with van der Waals surface area (Å²) >= 11 is 7.00. The summed E-state index contributed by atoms with van der Waals surface area (Å²) in [5.41, 5.74) is 10.9. The van der Waals surface area contributed by atoms with Gasteiger partial charge in [0.15, 0.2) is 0 Å². The third-order valence-corrected chi connectivity index (χ3v) is 9.60. The average molecular weight is 725 g/mol. The number of para-hydroxylation sites is 1. The minimum Gasteiger partial charge on any atom is -0.478 e. The van der Waals surface area contributed by atoms with Crippen molar-refractivity contribution in [3.05, 3.63) is 86.1 Å². The number of nitrogens with zero attached hydrogens (tertiary/aromatic N) is 3. The van der Waals surface area contributed by atoms with Gasteiger partial charge in [0.1, 0.15) is 5.82 Å². The predicted molar refractivity (Wildman–Crippen MR) is 175 cm³/mol. The van der Waals surface area contributed by atoms with E-state index in [2.05, 4.69) is 47.5 Å². The highest BCUT2D eigenvalue weighted by Gasteiger charge is 2.32. The Kier molecular flexibility index (Phi) is 8.50. The van der Waals surface area contributed by atoms with Crippen LogP contribution < -0.4 is 16.4 Å². The molecule has 4 amide bonds. The van der Waals surface area contributed by atoms with Crippen LogP contribution in [0.5, 0.6) is 0 Å². The molecule has 3 heterocycles. The number of nitrogens with one attached hydrogen (secondary N) is 3. The second kappa shape index (κ2) is 12.5. The van der Waals surface area contributed by atoms with Crippen molar-refractivity contribution in [1.82, 2.24) is 25.1 Å². The molecule has 3 aromatic carbocycles. The van der Waals surface area contributed by atoms with Crippen molar-refractivity contribution in [3.8, 4) is 0 Å². The maximum absolute atomic E-state index is 13.6. The van der Waals surface area contributed by atoms with Crippen LogP contribution in [0.15, 0.2) is 63.5 Å². The number of amides is 4. The Morgan fingerprint density at radius 3 is 2.52 bits per heavy atom. The Balaban J connectivity index is 1.17. The number of anilines is 2. The van der Waals surface area contributed by atoms with Gasteiger partial charge in [-0.1, -0.05) is 18.2 Å². The molecule has 228 valence electrons. The Bertz CT molecular complexity index is 1730. The molecule has 4 aromatic rings. The number of fused-ring (bicyclic) bond motifs is 2. The lowest BCUT2D eigenvalue weighted by molar-refractivity contribution is 0.0697. The maximum Gasteiger partial charge on any atom is 0.335 e. The first-order valence-electron chi connectivity index (χ1n) is 14.3. The number of nitrogens with two attached hydrogens (primary N) is 1. The number of carboxylic acids is 1. The molecule has 0 aliphatic carbocycles. The van der Waals surface area contributed by atoms with Gasteiger partial charge >= 0.3 is 18.0 Å². The molecular formula is C31H31Br2N7O4. The molecular weight excluding hydrogens is 694 g/mol. The largest absolute Gasteiger partial charge is 0.478 e. The molecule has 1 aromatic heterocycles. The second-order valence-corrected chi connectivity index (χ2v) is 12.8. The highest BCUT2D eigenvalue weighted by atomic mass is 79.9. The van der Waals surface area contributed by atoms with Gasteiger partial charge in [0.05, 0.1) is 28.3 Å². The lowest BCUT2D eigenvalue weighted by Gasteiger charge is -2.38. The molecule has 6 N–H and O–H groups in total. The van der Waals surface area contributed by atoms with E-state index in [1.165, 1.54) is 12.1 Å². The van der Waals surface area contributed by atoms with E-state index in [9.17, 15) is 19.5 Å². The number of hydrogen-bond acceptors (Lipinski definition) is 5. The standard InChI is InChI=1S/C31H31Br2N7O4/c32-21-13-17(14-22(33)27(21)34)15-26(28-35-24-6-5-19(29(41)42)16-25(24)36-28)38-30(43)39-10-8-20(9-11-39)40-12-7-18-3-1-2-4-23(18)37-31(40)44/h1-6,13-14,16,20,26H,7-12,15,34H2,(H,35,36)(H,37,44)(H,38,43)(H,41,42)/t26-/m1/s1. The zero-order chi connectivity index (χ0) is 31.0. The number of carbonyl (C=O) groups excluding carboxylic acids is 2. The van der Waals surface area contributed by atoms with Gasteiger partial charge in [-0.05, 0) is 98.6 Å². The smallest absolute Gasteiger partial charge is 0.335 e. The van der Waals surface area contributed by atoms with Crippen molar-refractivity contribution in [2.45, 2.75) is 37.8 Å². The van der Waals surface area contributed by atoms with Crippen LogP contribution in [0.3, 0.4) is 0 Å². The SMILES string of the molecule is Nc1c(Br)cc(C[C@@H](NC(=O)N2CCC(N3CCc4ccccc4NC3=O)CC2)c2nc3ccc(C(=O)O)cc3[nH]2)cc1Br. The van der Waals surface area contributed by atoms with Gasteiger partial charge in [0.25, 0.3) is 0 Å². The molecule has 2 aliphatic rings. The number of imidazole rings is 1. The molecule has 0 radical (unpaired) electrons. The number of benzene rings is 3. The first-order chi connectivity index (χ1) is 21.2. The number of aromatic amines is 1. The predicted octanol–water partition coefficient (Wildman–Crippen LogP) is 5.92. The van der Waals surface area contributed by atoms with E-state index >= 15 is 0 Å². The summed E-state index contributed by atoms with van der Waals surface area (Å²) in [4.78, 5) is 49.8. The topological polar surface area (TPSA) is 157 Å². The number of nitrogen functional groups attached to an aromatic ring is 1. The molecule has 6 rings (SSSR count). The number of rotatable bonds is 6. The first kappa shape index (κ1) is 29.9. The van der Waals surface area contributed by atoms with E-state index in [0.29, 0.717) is 61.4 Å². The molecule has 44 heavy (non-hydrogen) atoms. The number of H-pyrrole nitrogens is 1. The number of halogens is 2. The Morgan fingerprint density at radius 2 is 1.80 bits per heavy atom. The van der Waals surface area contributed by atoms with E-state index < -0.39 is 12.0 Å². The lowest BCUT2D eigenvalue weighted by Crippen LogP contribution is -2.52. The fourth-order valence-electron chi connectivity index (χ4n) is 5.89. The van der Waals surface area contributed by atoms with Crippen LogP contribution >= 0.6 is 31.9 Å². The highest BCUT2D eigenvalue weighted by molar-refractivity contribution is 9.11. The molecule has 2 aliphatic heterocycles. The summed E-state index contributed by atoms with van der Waals surface area (Å²) in [6.07, 6.45) is 2.52. The van der Waals surface area contributed by atoms with Gasteiger partial charge in [-0.3, -0.25) is 0 Å². The average Bonchev–Trinajstić information content (AvgIpc) is 3.36. The molecule has 1 fully saturated rings. The van der Waals surface area contributed by atoms with Gasteiger partial charge in [0.2, 0.25) is 0 Å². The molecule has 11 nitrogen and oxygen atoms in total. The van der Waals surface area contributed by atoms with Crippen molar-refractivity contribution < 1.29 is 19.5 Å². The number of carbonyl (C=O) groups is 3. The van der Waals surface area contributed by atoms with Gasteiger partial charge in [0, 0.05) is 46.7 Å². The van der Waals surface area contributed by atoms with Crippen LogP contribution in [0.25, 0.3) is 11.0 Å². The number of aromatic carboxylic acids is 1. The summed E-state index contributed by atoms with van der Waals surface area (Å²) in [5, 5.41) is 15.6. The summed E-state index contributed by atoms with van der Waals surface area (Å²) in [6.45, 7) is 1.63. The third-order valence-electron chi connectivity index (χ3n) is 8.29. The van der Waals surface area contributed by atoms with E-state index in [0.717, 1.165) is 32.2 Å². The minimum absolute atomic E-state index is 0.0347. The lowest BCUT2D eigenvalue weighted by atomic mass is 10.0. The van der Waals surface area contributed by atoms with Crippen molar-refractivity contribution in [2.24, 2.45) is 0 Å². The van der Waals surface area contributed by atoms with E-state index in [1.54, 1.807) is 11.0 Å². The summed E-state index contributed by atoms with van der Waals surface area (Å²) in [6, 6.07) is 15.5. The van der Waals surface area contributed by atoms with Crippen molar-refractivity contribution in [2.75, 3.05) is 30.7 Å². The van der Waals surface area contributed by atoms with Crippen LogP contribution in [-0.4, -0.2) is 68.6 Å². The summed E-state index contributed by atoms with van der Waals surface area (Å²) in [7, 11) is 0. The normalized spacial score (nSPS) is 16.3. The number of hydrogen-bond donors (Lipinski definition) is 5. The number of piperidine rings is 1. The number of urea groups is 2. The van der Waals surface area contributed by atoms with Crippen LogP contribution in [0.2, 0.25) is 0 Å². The molecule has 1 atom stereocenters. The fraction of sp³-hybridized carbons (Fsp3) is 0.290. The molecule has 0 saturated carbocycles. The minimum atomic E-state index is -1.03. The van der Waals surface area contributed by atoms with Crippen LogP contribution in [0, 0.1) is 0 Å². The molecule has 13 heteroatoms. The van der Waals surface area contributed by atoms with Crippen molar-refractivity contribution in [3.63, 3.8) is 0 Å². The zero-order valence-corrected chi connectivity index (χ0v) is 26.8. The van der Waals surface area contributed by atoms with Crippen LogP contribution in [-0.2, 0) is 12.8 Å².